The summed E-state index contributed by atoms with van der Waals surface area (Å²) in [4.78, 5) is 6.52. The van der Waals surface area contributed by atoms with Crippen LogP contribution in [0.3, 0.4) is 0 Å². The van der Waals surface area contributed by atoms with Gasteiger partial charge in [-0.2, -0.15) is 0 Å². The van der Waals surface area contributed by atoms with Gasteiger partial charge in [0.05, 0.1) is 24.7 Å². The maximum atomic E-state index is 12.0. The summed E-state index contributed by atoms with van der Waals surface area (Å²) in [5.41, 5.74) is 2.85. The van der Waals surface area contributed by atoms with Crippen LogP contribution in [0.1, 0.15) is 16.8 Å². The highest BCUT2D eigenvalue weighted by Crippen LogP contribution is 2.27. The summed E-state index contributed by atoms with van der Waals surface area (Å²) in [6, 6.07) is 0. The van der Waals surface area contributed by atoms with Gasteiger partial charge in [-0.25, -0.2) is 12.7 Å². The van der Waals surface area contributed by atoms with Crippen molar-refractivity contribution in [3.8, 4) is 5.75 Å². The number of ether oxygens (including phenoxy) is 1. The van der Waals surface area contributed by atoms with Crippen molar-refractivity contribution < 1.29 is 18.3 Å². The van der Waals surface area contributed by atoms with E-state index in [1.54, 1.807) is 13.3 Å². The Kier molecular flexibility index (Phi) is 5.85. The summed E-state index contributed by atoms with van der Waals surface area (Å²) in [5.74, 6) is 0.498. The number of hydrogen-bond acceptors (Lipinski definition) is 6. The third kappa shape index (κ3) is 4.05. The van der Waals surface area contributed by atoms with Crippen LogP contribution in [0.4, 0.5) is 0 Å². The maximum absolute atomic E-state index is 12.0. The van der Waals surface area contributed by atoms with Crippen molar-refractivity contribution in [2.45, 2.75) is 26.5 Å². The molecule has 0 spiro atoms. The van der Waals surface area contributed by atoms with E-state index in [2.05, 4.69) is 4.98 Å². The Morgan fingerprint density at radius 2 is 2.04 bits per heavy atom. The number of rotatable bonds is 6. The number of β-amino-alcohol motifs (C(OH)–C–C–N with tert-alkyl or cyclic N) is 1. The van der Waals surface area contributed by atoms with Crippen LogP contribution < -0.4 is 4.74 Å². The SMILES string of the molecule is COc1c(C)cnc(CN2C[C@@H](CS(=O)(=O)N(C)C)[C@@H](O)C2)c1C. The first-order valence-corrected chi connectivity index (χ1v) is 9.56. The second-order valence-electron chi connectivity index (χ2n) is 6.63. The Balaban J connectivity index is 2.09. The van der Waals surface area contributed by atoms with E-state index in [1.807, 2.05) is 18.7 Å². The number of likely N-dealkylation sites (tertiary alicyclic amines) is 1. The zero-order chi connectivity index (χ0) is 18.1. The molecule has 24 heavy (non-hydrogen) atoms. The lowest BCUT2D eigenvalue weighted by Gasteiger charge is -2.19. The highest BCUT2D eigenvalue weighted by atomic mass is 32.2. The molecular formula is C16H27N3O4S. The zero-order valence-electron chi connectivity index (χ0n) is 15.0. The van der Waals surface area contributed by atoms with Crippen molar-refractivity contribution in [3.63, 3.8) is 0 Å². The normalized spacial score (nSPS) is 22.3. The average molecular weight is 357 g/mol. The van der Waals surface area contributed by atoms with Gasteiger partial charge in [0.1, 0.15) is 5.75 Å². The van der Waals surface area contributed by atoms with Gasteiger partial charge < -0.3 is 9.84 Å². The molecule has 1 aliphatic rings. The molecule has 1 aromatic rings. The van der Waals surface area contributed by atoms with Crippen molar-refractivity contribution in [1.29, 1.82) is 0 Å². The molecule has 1 aromatic heterocycles. The summed E-state index contributed by atoms with van der Waals surface area (Å²) < 4.78 is 30.7. The summed E-state index contributed by atoms with van der Waals surface area (Å²) in [6.07, 6.45) is 1.13. The molecular weight excluding hydrogens is 330 g/mol. The van der Waals surface area contributed by atoms with Crippen LogP contribution >= 0.6 is 0 Å². The standard InChI is InChI=1S/C16H27N3O4S/c1-11-6-17-14(12(2)16(11)23-5)8-19-7-13(15(20)9-19)10-24(21,22)18(3)4/h6,13,15,20H,7-10H2,1-5H3/t13-,15-/m0/s1. The molecule has 2 rings (SSSR count). The Hall–Kier alpha value is -1.22. The molecule has 8 heteroatoms. The summed E-state index contributed by atoms with van der Waals surface area (Å²) >= 11 is 0. The van der Waals surface area contributed by atoms with Gasteiger partial charge in [0.2, 0.25) is 10.0 Å². The lowest BCUT2D eigenvalue weighted by atomic mass is 10.1. The number of aliphatic hydroxyl groups is 1. The number of aromatic nitrogens is 1. The topological polar surface area (TPSA) is 83.0 Å². The quantitative estimate of drug-likeness (QED) is 0.793. The molecule has 0 unspecified atom stereocenters. The smallest absolute Gasteiger partial charge is 0.214 e. The Morgan fingerprint density at radius 1 is 1.38 bits per heavy atom. The van der Waals surface area contributed by atoms with Gasteiger partial charge in [0.25, 0.3) is 0 Å². The first-order valence-electron chi connectivity index (χ1n) is 7.95. The number of hydrogen-bond donors (Lipinski definition) is 1. The molecule has 2 atom stereocenters. The van der Waals surface area contributed by atoms with Gasteiger partial charge in [-0.3, -0.25) is 9.88 Å². The highest BCUT2D eigenvalue weighted by Gasteiger charge is 2.35. The van der Waals surface area contributed by atoms with Crippen molar-refractivity contribution in [2.75, 3.05) is 40.0 Å². The van der Waals surface area contributed by atoms with Crippen molar-refractivity contribution in [3.05, 3.63) is 23.0 Å². The Bertz CT molecular complexity index is 691. The molecule has 1 aliphatic heterocycles. The summed E-state index contributed by atoms with van der Waals surface area (Å²) in [7, 11) is 1.34. The van der Waals surface area contributed by atoms with E-state index in [0.717, 1.165) is 22.6 Å². The van der Waals surface area contributed by atoms with E-state index in [0.29, 0.717) is 19.6 Å². The fourth-order valence-electron chi connectivity index (χ4n) is 3.10. The van der Waals surface area contributed by atoms with Crippen LogP contribution in [0.15, 0.2) is 6.20 Å². The minimum absolute atomic E-state index is 0.0404. The predicted octanol–water partition coefficient (Wildman–Crippen LogP) is 0.391. The van der Waals surface area contributed by atoms with E-state index in [4.69, 9.17) is 4.74 Å². The molecule has 1 fully saturated rings. The number of aryl methyl sites for hydroxylation is 1. The van der Waals surface area contributed by atoms with Crippen LogP contribution in [0.25, 0.3) is 0 Å². The van der Waals surface area contributed by atoms with Gasteiger partial charge in [0.15, 0.2) is 0 Å². The zero-order valence-corrected chi connectivity index (χ0v) is 15.8. The molecule has 0 amide bonds. The molecule has 1 N–H and O–H groups in total. The summed E-state index contributed by atoms with van der Waals surface area (Å²) in [5, 5.41) is 10.2. The van der Waals surface area contributed by atoms with Crippen LogP contribution in [-0.2, 0) is 16.6 Å². The fraction of sp³-hybridized carbons (Fsp3) is 0.688. The van der Waals surface area contributed by atoms with E-state index >= 15 is 0 Å². The van der Waals surface area contributed by atoms with Crippen LogP contribution in [0.5, 0.6) is 5.75 Å². The second-order valence-corrected chi connectivity index (χ2v) is 8.86. The molecule has 0 saturated carbocycles. The molecule has 136 valence electrons. The lowest BCUT2D eigenvalue weighted by molar-refractivity contribution is 0.148. The van der Waals surface area contributed by atoms with Crippen LogP contribution in [0, 0.1) is 19.8 Å². The number of aliphatic hydroxyl groups excluding tert-OH is 1. The third-order valence-electron chi connectivity index (χ3n) is 4.59. The van der Waals surface area contributed by atoms with Gasteiger partial charge >= 0.3 is 0 Å². The lowest BCUT2D eigenvalue weighted by Crippen LogP contribution is -2.33. The van der Waals surface area contributed by atoms with Gasteiger partial charge in [-0.05, 0) is 13.8 Å². The molecule has 2 heterocycles. The number of sulfonamides is 1. The fourth-order valence-corrected chi connectivity index (χ4v) is 4.26. The van der Waals surface area contributed by atoms with Gasteiger partial charge in [-0.1, -0.05) is 0 Å². The third-order valence-corrected chi connectivity index (χ3v) is 6.55. The number of pyridine rings is 1. The highest BCUT2D eigenvalue weighted by molar-refractivity contribution is 7.89. The van der Waals surface area contributed by atoms with Crippen LogP contribution in [-0.4, -0.2) is 73.9 Å². The second kappa shape index (κ2) is 7.35. The summed E-state index contributed by atoms with van der Waals surface area (Å²) in [6.45, 7) is 5.47. The van der Waals surface area contributed by atoms with Crippen molar-refractivity contribution in [1.82, 2.24) is 14.2 Å². The molecule has 1 saturated heterocycles. The van der Waals surface area contributed by atoms with E-state index in [-0.39, 0.29) is 11.7 Å². The average Bonchev–Trinajstić information content (AvgIpc) is 2.82. The largest absolute Gasteiger partial charge is 0.496 e. The van der Waals surface area contributed by atoms with Gasteiger partial charge in [0, 0.05) is 57.0 Å². The Morgan fingerprint density at radius 3 is 2.62 bits per heavy atom. The van der Waals surface area contributed by atoms with E-state index < -0.39 is 16.1 Å². The monoisotopic (exact) mass is 357 g/mol. The molecule has 0 aromatic carbocycles. The van der Waals surface area contributed by atoms with Crippen molar-refractivity contribution >= 4 is 10.0 Å². The first-order chi connectivity index (χ1) is 11.2. The van der Waals surface area contributed by atoms with Crippen molar-refractivity contribution in [2.24, 2.45) is 5.92 Å². The molecule has 0 radical (unpaired) electrons. The predicted molar refractivity (Wildman–Crippen MR) is 92.5 cm³/mol. The molecule has 0 aliphatic carbocycles. The van der Waals surface area contributed by atoms with E-state index in [1.165, 1.54) is 18.4 Å². The minimum atomic E-state index is -3.32. The number of nitrogens with zero attached hydrogens (tertiary/aromatic N) is 3. The Labute approximate surface area is 144 Å². The van der Waals surface area contributed by atoms with Gasteiger partial charge in [-0.15, -0.1) is 0 Å². The molecule has 7 nitrogen and oxygen atoms in total. The van der Waals surface area contributed by atoms with Crippen LogP contribution in [0.2, 0.25) is 0 Å². The maximum Gasteiger partial charge on any atom is 0.214 e. The minimum Gasteiger partial charge on any atom is -0.496 e. The molecule has 0 bridgehead atoms. The first kappa shape index (κ1) is 19.1. The van der Waals surface area contributed by atoms with E-state index in [9.17, 15) is 13.5 Å². The number of methoxy groups -OCH3 is 1.